The van der Waals surface area contributed by atoms with Crippen molar-refractivity contribution in [2.75, 3.05) is 13.2 Å². The van der Waals surface area contributed by atoms with E-state index in [1.807, 2.05) is 0 Å². The molecule has 2 N–H and O–H groups in total. The Morgan fingerprint density at radius 3 is 2.33 bits per heavy atom. The number of carbonyl (C=O) groups is 3. The van der Waals surface area contributed by atoms with Crippen molar-refractivity contribution in [2.45, 2.75) is 112 Å². The summed E-state index contributed by atoms with van der Waals surface area (Å²) < 4.78 is 75.0. The van der Waals surface area contributed by atoms with E-state index < -0.39 is 63.0 Å². The van der Waals surface area contributed by atoms with Crippen LogP contribution in [0.5, 0.6) is 5.75 Å². The van der Waals surface area contributed by atoms with Gasteiger partial charge in [0.25, 0.3) is 0 Å². The minimum Gasteiger partial charge on any atom is -0.484 e. The zero-order valence-corrected chi connectivity index (χ0v) is 27.4. The van der Waals surface area contributed by atoms with E-state index in [2.05, 4.69) is 21.4 Å². The predicted octanol–water partition coefficient (Wildman–Crippen LogP) is 4.67. The van der Waals surface area contributed by atoms with E-state index in [1.165, 1.54) is 4.90 Å². The van der Waals surface area contributed by atoms with Crippen molar-refractivity contribution in [3.05, 3.63) is 23.2 Å². The van der Waals surface area contributed by atoms with Crippen LogP contribution in [0.3, 0.4) is 0 Å². The van der Waals surface area contributed by atoms with Crippen LogP contribution in [-0.4, -0.2) is 79.0 Å². The zero-order chi connectivity index (χ0) is 34.1. The van der Waals surface area contributed by atoms with Crippen LogP contribution in [0.4, 0.5) is 18.0 Å². The van der Waals surface area contributed by atoms with Crippen molar-refractivity contribution < 1.29 is 45.4 Å². The number of nitriles is 1. The molecule has 2 aliphatic carbocycles. The van der Waals surface area contributed by atoms with Crippen molar-refractivity contribution in [1.29, 1.82) is 5.26 Å². The zero-order valence-electron chi connectivity index (χ0n) is 25.8. The molecule has 3 fully saturated rings. The lowest BCUT2D eigenvalue weighted by atomic mass is 9.84. The summed E-state index contributed by atoms with van der Waals surface area (Å²) in [6, 6.07) is 3.86. The molecule has 0 unspecified atom stereocenters. The van der Waals surface area contributed by atoms with Crippen molar-refractivity contribution in [2.24, 2.45) is 5.92 Å². The van der Waals surface area contributed by atoms with Crippen molar-refractivity contribution in [3.8, 4) is 11.8 Å². The van der Waals surface area contributed by atoms with E-state index in [-0.39, 0.29) is 47.0 Å². The molecule has 3 aliphatic rings. The van der Waals surface area contributed by atoms with Crippen molar-refractivity contribution in [1.82, 2.24) is 15.5 Å². The maximum atomic E-state index is 13.7. The second kappa shape index (κ2) is 13.5. The molecule has 1 saturated heterocycles. The average Bonchev–Trinajstić information content (AvgIpc) is 3.55. The number of halogens is 4. The number of hydrogen-bond acceptors (Lipinski definition) is 8. The molecule has 1 aliphatic heterocycles. The number of rotatable bonds is 9. The Morgan fingerprint density at radius 1 is 1.13 bits per heavy atom. The standard InChI is InChI=1S/C30H38ClF3N4O7S/c1-28(2,3)45-27(41)36-19-6-4-18(5-7-19)12-25(39)38-15-21(14-23(38)26(40)37-29(16-35)10-11-29)46(42,43)24-9-8-20(13-22(24)31)44-17-30(32,33)34/h8-9,13,18-19,21,23H,4-7,10-12,14-15,17H2,1-3H3,(H,36,41)(H,37,40)/t18-,19-,21-,23+/m1/s1. The van der Waals surface area contributed by atoms with E-state index in [1.54, 1.807) is 20.8 Å². The summed E-state index contributed by atoms with van der Waals surface area (Å²) in [4.78, 5) is 40.0. The fourth-order valence-corrected chi connectivity index (χ4v) is 7.98. The topological polar surface area (TPSA) is 155 Å². The van der Waals surface area contributed by atoms with Crippen LogP contribution in [-0.2, 0) is 24.2 Å². The first-order chi connectivity index (χ1) is 21.3. The van der Waals surface area contributed by atoms with Gasteiger partial charge in [-0.05, 0) is 83.8 Å². The van der Waals surface area contributed by atoms with Gasteiger partial charge in [-0.25, -0.2) is 13.2 Å². The summed E-state index contributed by atoms with van der Waals surface area (Å²) in [5, 5.41) is 13.4. The monoisotopic (exact) mass is 690 g/mol. The second-order valence-electron chi connectivity index (χ2n) is 13.2. The molecule has 0 aromatic heterocycles. The first-order valence-electron chi connectivity index (χ1n) is 15.1. The molecule has 254 valence electrons. The van der Waals surface area contributed by atoms with Crippen LogP contribution in [0.2, 0.25) is 5.02 Å². The quantitative estimate of drug-likeness (QED) is 0.379. The number of nitrogens with zero attached hydrogens (tertiary/aromatic N) is 2. The van der Waals surface area contributed by atoms with Crippen LogP contribution < -0.4 is 15.4 Å². The number of amides is 3. The van der Waals surface area contributed by atoms with Gasteiger partial charge >= 0.3 is 12.3 Å². The third-order valence-electron chi connectivity index (χ3n) is 8.29. The molecule has 3 amide bonds. The van der Waals surface area contributed by atoms with E-state index >= 15 is 0 Å². The van der Waals surface area contributed by atoms with Gasteiger partial charge in [0, 0.05) is 25.1 Å². The number of alkyl carbamates (subject to hydrolysis) is 1. The Balaban J connectivity index is 1.45. The molecule has 2 saturated carbocycles. The number of sulfone groups is 1. The first kappa shape index (κ1) is 35.6. The predicted molar refractivity (Wildman–Crippen MR) is 160 cm³/mol. The Morgan fingerprint density at radius 2 is 1.78 bits per heavy atom. The maximum absolute atomic E-state index is 13.7. The molecule has 11 nitrogen and oxygen atoms in total. The molecular weight excluding hydrogens is 653 g/mol. The van der Waals surface area contributed by atoms with Gasteiger partial charge in [0.15, 0.2) is 16.4 Å². The molecule has 1 heterocycles. The van der Waals surface area contributed by atoms with Gasteiger partial charge in [0.1, 0.15) is 22.9 Å². The third kappa shape index (κ3) is 9.18. The fourth-order valence-electron chi connectivity index (χ4n) is 5.75. The maximum Gasteiger partial charge on any atom is 0.422 e. The molecule has 1 aromatic rings. The molecule has 0 bridgehead atoms. The highest BCUT2D eigenvalue weighted by Crippen LogP contribution is 2.38. The summed E-state index contributed by atoms with van der Waals surface area (Å²) >= 11 is 6.19. The summed E-state index contributed by atoms with van der Waals surface area (Å²) in [5.74, 6) is -1.37. The Bertz CT molecular complexity index is 1480. The highest BCUT2D eigenvalue weighted by atomic mass is 35.5. The van der Waals surface area contributed by atoms with Gasteiger partial charge in [-0.2, -0.15) is 18.4 Å². The van der Waals surface area contributed by atoms with Crippen LogP contribution in [0, 0.1) is 17.2 Å². The number of nitrogens with one attached hydrogen (secondary N) is 2. The van der Waals surface area contributed by atoms with Gasteiger partial charge in [0.05, 0.1) is 21.2 Å². The van der Waals surface area contributed by atoms with Gasteiger partial charge < -0.3 is 25.0 Å². The number of carbonyl (C=O) groups excluding carboxylic acids is 3. The average molecular weight is 691 g/mol. The lowest BCUT2D eigenvalue weighted by Gasteiger charge is -2.31. The third-order valence-corrected chi connectivity index (χ3v) is 10.9. The van der Waals surface area contributed by atoms with Gasteiger partial charge in [-0.15, -0.1) is 0 Å². The highest BCUT2D eigenvalue weighted by molar-refractivity contribution is 7.92. The van der Waals surface area contributed by atoms with Gasteiger partial charge in [-0.1, -0.05) is 11.6 Å². The number of benzene rings is 1. The highest BCUT2D eigenvalue weighted by Gasteiger charge is 2.50. The van der Waals surface area contributed by atoms with Gasteiger partial charge in [0.2, 0.25) is 11.8 Å². The molecule has 4 rings (SSSR count). The molecule has 2 atom stereocenters. The van der Waals surface area contributed by atoms with E-state index in [0.29, 0.717) is 38.5 Å². The number of likely N-dealkylation sites (tertiary alicyclic amines) is 1. The van der Waals surface area contributed by atoms with Crippen LogP contribution >= 0.6 is 11.6 Å². The van der Waals surface area contributed by atoms with Crippen LogP contribution in [0.1, 0.15) is 72.1 Å². The number of ether oxygens (including phenoxy) is 2. The van der Waals surface area contributed by atoms with Crippen molar-refractivity contribution >= 4 is 39.3 Å². The lowest BCUT2D eigenvalue weighted by Crippen LogP contribution is -2.49. The summed E-state index contributed by atoms with van der Waals surface area (Å²) in [7, 11) is -4.26. The smallest absolute Gasteiger partial charge is 0.422 e. The van der Waals surface area contributed by atoms with Crippen molar-refractivity contribution in [3.63, 3.8) is 0 Å². The lowest BCUT2D eigenvalue weighted by molar-refractivity contribution is -0.153. The van der Waals surface area contributed by atoms with Crippen LogP contribution in [0.25, 0.3) is 0 Å². The summed E-state index contributed by atoms with van der Waals surface area (Å²) in [6.45, 7) is 3.41. The summed E-state index contributed by atoms with van der Waals surface area (Å²) in [6.07, 6.45) is -1.96. The SMILES string of the molecule is CC(C)(C)OC(=O)N[C@H]1CC[C@H](CC(=O)N2C[C@H](S(=O)(=O)c3ccc(OCC(F)(F)F)cc3Cl)C[C@H]2C(=O)NC2(C#N)CC2)CC1. The largest absolute Gasteiger partial charge is 0.484 e. The summed E-state index contributed by atoms with van der Waals surface area (Å²) in [5.41, 5.74) is -1.68. The second-order valence-corrected chi connectivity index (χ2v) is 15.8. The van der Waals surface area contributed by atoms with E-state index in [0.717, 1.165) is 18.2 Å². The molecule has 46 heavy (non-hydrogen) atoms. The molecular formula is C30H38ClF3N4O7S. The minimum absolute atomic E-state index is 0.0591. The van der Waals surface area contributed by atoms with E-state index in [4.69, 9.17) is 16.3 Å². The molecule has 0 radical (unpaired) electrons. The Labute approximate surface area is 271 Å². The number of alkyl halides is 3. The fraction of sp³-hybridized carbons (Fsp3) is 0.667. The first-order valence-corrected chi connectivity index (χ1v) is 17.0. The Hall–Kier alpha value is -3.25. The molecule has 16 heteroatoms. The molecule has 1 aromatic carbocycles. The Kier molecular flexibility index (Phi) is 10.4. The van der Waals surface area contributed by atoms with Gasteiger partial charge in [-0.3, -0.25) is 9.59 Å². The molecule has 0 spiro atoms. The normalized spacial score (nSPS) is 24.4. The van der Waals surface area contributed by atoms with E-state index in [9.17, 15) is 41.2 Å². The minimum atomic E-state index is -4.60. The number of hydrogen-bond donors (Lipinski definition) is 2. The van der Waals surface area contributed by atoms with Crippen LogP contribution in [0.15, 0.2) is 23.1 Å².